The number of amides is 1. The maximum Gasteiger partial charge on any atom is 0.306 e. The Kier molecular flexibility index (Phi) is 10.5. The van der Waals surface area contributed by atoms with Gasteiger partial charge in [0.15, 0.2) is 17.3 Å². The number of ether oxygens (including phenoxy) is 2. The molecule has 1 aromatic heterocycles. The summed E-state index contributed by atoms with van der Waals surface area (Å²) >= 11 is 0. The van der Waals surface area contributed by atoms with Crippen LogP contribution in [-0.4, -0.2) is 71.6 Å². The lowest BCUT2D eigenvalue weighted by Crippen LogP contribution is -2.61. The van der Waals surface area contributed by atoms with E-state index in [0.717, 1.165) is 64.2 Å². The van der Waals surface area contributed by atoms with Crippen LogP contribution in [0.25, 0.3) is 0 Å². The van der Waals surface area contributed by atoms with Crippen molar-refractivity contribution < 1.29 is 23.5 Å². The minimum atomic E-state index is -0.427. The van der Waals surface area contributed by atoms with Crippen molar-refractivity contribution in [2.24, 2.45) is 23.2 Å². The van der Waals surface area contributed by atoms with Crippen LogP contribution >= 0.6 is 0 Å². The van der Waals surface area contributed by atoms with Crippen molar-refractivity contribution in [1.29, 1.82) is 0 Å². The van der Waals surface area contributed by atoms with Gasteiger partial charge in [-0.3, -0.25) is 9.59 Å². The number of benzene rings is 1. The van der Waals surface area contributed by atoms with Crippen LogP contribution in [0.4, 0.5) is 15.9 Å². The molecule has 3 fully saturated rings. The summed E-state index contributed by atoms with van der Waals surface area (Å²) in [5.74, 6) is 1.96. The lowest BCUT2D eigenvalue weighted by atomic mass is 9.71. The molecule has 2 aliphatic heterocycles. The van der Waals surface area contributed by atoms with Crippen LogP contribution < -0.4 is 14.5 Å². The lowest BCUT2D eigenvalue weighted by molar-refractivity contribution is -0.156. The van der Waals surface area contributed by atoms with Crippen LogP contribution in [0.1, 0.15) is 86.5 Å². The van der Waals surface area contributed by atoms with Crippen LogP contribution in [0.3, 0.4) is 0 Å². The summed E-state index contributed by atoms with van der Waals surface area (Å²) in [6.45, 7) is 16.9. The van der Waals surface area contributed by atoms with Crippen LogP contribution in [0.15, 0.2) is 30.7 Å². The number of aromatic nitrogens is 2. The number of nitrogens with zero attached hydrogens (tertiary/aromatic N) is 5. The third kappa shape index (κ3) is 8.35. The van der Waals surface area contributed by atoms with E-state index < -0.39 is 11.4 Å². The number of hydrogen-bond donors (Lipinski definition) is 0. The fraction of sp³-hybridized carbons (Fsp3) is 0.667. The number of carbonyl (C=O) groups excluding carboxylic acids is 2. The molecule has 2 aromatic rings. The summed E-state index contributed by atoms with van der Waals surface area (Å²) in [4.78, 5) is 40.4. The normalized spacial score (nSPS) is 21.6. The number of halogens is 1. The second kappa shape index (κ2) is 14.2. The van der Waals surface area contributed by atoms with Crippen LogP contribution in [0.5, 0.6) is 11.5 Å². The van der Waals surface area contributed by atoms with Crippen molar-refractivity contribution in [2.75, 3.05) is 49.1 Å². The Hall–Kier alpha value is -3.27. The highest BCUT2D eigenvalue weighted by molar-refractivity contribution is 5.96. The Balaban J connectivity index is 1.13. The van der Waals surface area contributed by atoms with Crippen LogP contribution in [0, 0.1) is 29.0 Å². The molecule has 0 bridgehead atoms. The molecule has 46 heavy (non-hydrogen) atoms. The molecule has 1 saturated carbocycles. The highest BCUT2D eigenvalue weighted by Gasteiger charge is 2.46. The predicted octanol–water partition coefficient (Wildman–Crippen LogP) is 6.86. The standard InChI is InChI=1S/C36H52FN5O4/c1-7-42(34(44)25(2)3)29-19-28(37)12-13-30(29)45-31-20-38-24-39-33(31)41-22-36(23-41)14-16-40(17-15-36)21-27-10-8-26(9-11-27)18-32(43)46-35(4,5)6/h12-13,19-20,24-27H,7-11,14-18,21-23H2,1-6H3. The van der Waals surface area contributed by atoms with Gasteiger partial charge in [-0.25, -0.2) is 14.4 Å². The van der Waals surface area contributed by atoms with Gasteiger partial charge in [-0.2, -0.15) is 0 Å². The first-order chi connectivity index (χ1) is 21.8. The second-order valence-electron chi connectivity index (χ2n) is 15.0. The predicted molar refractivity (Wildman–Crippen MR) is 178 cm³/mol. The van der Waals surface area contributed by atoms with Gasteiger partial charge in [0, 0.05) is 50.0 Å². The highest BCUT2D eigenvalue weighted by atomic mass is 19.1. The first kappa shape index (κ1) is 34.1. The number of esters is 1. The van der Waals surface area contributed by atoms with E-state index >= 15 is 0 Å². The fourth-order valence-corrected chi connectivity index (χ4v) is 7.32. The molecule has 1 amide bonds. The first-order valence-corrected chi connectivity index (χ1v) is 17.1. The lowest BCUT2D eigenvalue weighted by Gasteiger charge is -2.54. The molecule has 0 N–H and O–H groups in total. The molecule has 1 aliphatic carbocycles. The van der Waals surface area contributed by atoms with Crippen LogP contribution in [-0.2, 0) is 14.3 Å². The Morgan fingerprint density at radius 2 is 1.74 bits per heavy atom. The Labute approximate surface area is 273 Å². The van der Waals surface area contributed by atoms with Gasteiger partial charge in [0.25, 0.3) is 0 Å². The number of rotatable bonds is 10. The zero-order chi connectivity index (χ0) is 33.1. The fourth-order valence-electron chi connectivity index (χ4n) is 7.32. The third-order valence-corrected chi connectivity index (χ3v) is 9.79. The number of hydrogen-bond acceptors (Lipinski definition) is 8. The number of piperidine rings is 1. The van der Waals surface area contributed by atoms with Gasteiger partial charge in [0.1, 0.15) is 17.7 Å². The van der Waals surface area contributed by atoms with Gasteiger partial charge in [0.2, 0.25) is 5.91 Å². The number of carbonyl (C=O) groups is 2. The molecular weight excluding hydrogens is 585 g/mol. The van der Waals surface area contributed by atoms with Gasteiger partial charge in [-0.05, 0) is 103 Å². The SMILES string of the molecule is CCN(C(=O)C(C)C)c1cc(F)ccc1Oc1cncnc1N1CC2(CCN(CC3CCC(CC(=O)OC(C)(C)C)CC3)CC2)C1. The monoisotopic (exact) mass is 637 g/mol. The van der Waals surface area contributed by atoms with E-state index in [1.807, 2.05) is 41.5 Å². The van der Waals surface area contributed by atoms with Gasteiger partial charge in [-0.1, -0.05) is 13.8 Å². The summed E-state index contributed by atoms with van der Waals surface area (Å²) < 4.78 is 26.2. The maximum atomic E-state index is 14.3. The van der Waals surface area contributed by atoms with Crippen molar-refractivity contribution in [1.82, 2.24) is 14.9 Å². The largest absolute Gasteiger partial charge is 0.460 e. The molecule has 0 unspecified atom stereocenters. The average molecular weight is 638 g/mol. The highest BCUT2D eigenvalue weighted by Crippen LogP contribution is 2.46. The second-order valence-corrected chi connectivity index (χ2v) is 15.0. The third-order valence-electron chi connectivity index (χ3n) is 9.79. The molecule has 10 heteroatoms. The molecule has 3 aliphatic rings. The maximum absolute atomic E-state index is 14.3. The Morgan fingerprint density at radius 1 is 1.07 bits per heavy atom. The molecular formula is C36H52FN5O4. The molecule has 0 radical (unpaired) electrons. The van der Waals surface area contributed by atoms with E-state index in [4.69, 9.17) is 9.47 Å². The van der Waals surface area contributed by atoms with E-state index in [0.29, 0.717) is 42.0 Å². The zero-order valence-electron chi connectivity index (χ0n) is 28.6. The number of likely N-dealkylation sites (tertiary alicyclic amines) is 1. The van der Waals surface area contributed by atoms with Crippen molar-refractivity contribution in [3.8, 4) is 11.5 Å². The Morgan fingerprint density at radius 3 is 2.37 bits per heavy atom. The molecule has 9 nitrogen and oxygen atoms in total. The van der Waals surface area contributed by atoms with Gasteiger partial charge >= 0.3 is 5.97 Å². The molecule has 3 heterocycles. The molecule has 2 saturated heterocycles. The quantitative estimate of drug-likeness (QED) is 0.261. The molecule has 1 aromatic carbocycles. The van der Waals surface area contributed by atoms with Gasteiger partial charge in [-0.15, -0.1) is 0 Å². The summed E-state index contributed by atoms with van der Waals surface area (Å²) in [7, 11) is 0. The average Bonchev–Trinajstić information content (AvgIpc) is 2.98. The first-order valence-electron chi connectivity index (χ1n) is 17.1. The van der Waals surface area contributed by atoms with E-state index in [1.165, 1.54) is 31.3 Å². The summed E-state index contributed by atoms with van der Waals surface area (Å²) in [6, 6.07) is 4.27. The molecule has 252 valence electrons. The van der Waals surface area contributed by atoms with Gasteiger partial charge < -0.3 is 24.2 Å². The van der Waals surface area contributed by atoms with Crippen molar-refractivity contribution >= 4 is 23.4 Å². The summed E-state index contributed by atoms with van der Waals surface area (Å²) in [5, 5.41) is 0. The number of anilines is 2. The molecule has 1 spiro atoms. The van der Waals surface area contributed by atoms with E-state index in [-0.39, 0.29) is 23.2 Å². The summed E-state index contributed by atoms with van der Waals surface area (Å²) in [6.07, 6.45) is 10.6. The van der Waals surface area contributed by atoms with Crippen molar-refractivity contribution in [2.45, 2.75) is 92.1 Å². The van der Waals surface area contributed by atoms with Gasteiger partial charge in [0.05, 0.1) is 11.9 Å². The van der Waals surface area contributed by atoms with Crippen molar-refractivity contribution in [3.05, 3.63) is 36.5 Å². The van der Waals surface area contributed by atoms with E-state index in [1.54, 1.807) is 17.2 Å². The molecule has 5 rings (SSSR count). The smallest absolute Gasteiger partial charge is 0.306 e. The van der Waals surface area contributed by atoms with Crippen LogP contribution in [0.2, 0.25) is 0 Å². The van der Waals surface area contributed by atoms with Crippen molar-refractivity contribution in [3.63, 3.8) is 0 Å². The minimum Gasteiger partial charge on any atom is -0.460 e. The Bertz CT molecular complexity index is 1350. The van der Waals surface area contributed by atoms with E-state index in [2.05, 4.69) is 19.8 Å². The molecule has 0 atom stereocenters. The minimum absolute atomic E-state index is 0.0612. The summed E-state index contributed by atoms with van der Waals surface area (Å²) in [5.41, 5.74) is 0.260. The van der Waals surface area contributed by atoms with E-state index in [9.17, 15) is 14.0 Å². The topological polar surface area (TPSA) is 88.1 Å². The zero-order valence-corrected chi connectivity index (χ0v) is 28.6.